The Labute approximate surface area is 375 Å². The van der Waals surface area contributed by atoms with Crippen LogP contribution in [0.5, 0.6) is 0 Å². The molecular formula is C61H39NOS. The second-order valence-corrected chi connectivity index (χ2v) is 17.9. The summed E-state index contributed by atoms with van der Waals surface area (Å²) in [6.45, 7) is 0. The van der Waals surface area contributed by atoms with Crippen molar-refractivity contribution in [1.82, 2.24) is 0 Å². The summed E-state index contributed by atoms with van der Waals surface area (Å²) in [5, 5.41) is 4.80. The number of para-hydroxylation sites is 1. The van der Waals surface area contributed by atoms with E-state index in [0.717, 1.165) is 61.3 Å². The van der Waals surface area contributed by atoms with Gasteiger partial charge in [-0.25, -0.2) is 0 Å². The molecule has 0 saturated heterocycles. The summed E-state index contributed by atoms with van der Waals surface area (Å²) in [6.07, 6.45) is 0. The van der Waals surface area contributed by atoms with Crippen LogP contribution >= 0.6 is 11.3 Å². The first kappa shape index (κ1) is 36.7. The maximum atomic E-state index is 6.55. The fourth-order valence-electron chi connectivity index (χ4n) is 10.5. The minimum absolute atomic E-state index is 0.509. The molecule has 3 heteroatoms. The van der Waals surface area contributed by atoms with Crippen LogP contribution < -0.4 is 4.90 Å². The van der Waals surface area contributed by atoms with E-state index >= 15 is 0 Å². The molecule has 10 aromatic carbocycles. The summed E-state index contributed by atoms with van der Waals surface area (Å²) in [6, 6.07) is 86.6. The third kappa shape index (κ3) is 5.58. The summed E-state index contributed by atoms with van der Waals surface area (Å²) in [5.74, 6) is 0. The van der Waals surface area contributed by atoms with Gasteiger partial charge in [-0.05, 0) is 111 Å². The van der Waals surface area contributed by atoms with Crippen molar-refractivity contribution in [1.29, 1.82) is 0 Å². The lowest BCUT2D eigenvalue weighted by Crippen LogP contribution is -2.28. The summed E-state index contributed by atoms with van der Waals surface area (Å²) >= 11 is 1.85. The molecule has 64 heavy (non-hydrogen) atoms. The van der Waals surface area contributed by atoms with Gasteiger partial charge in [0.05, 0.1) is 5.41 Å². The van der Waals surface area contributed by atoms with Crippen molar-refractivity contribution in [3.8, 4) is 33.4 Å². The minimum Gasteiger partial charge on any atom is -0.455 e. The molecule has 0 amide bonds. The van der Waals surface area contributed by atoms with E-state index in [2.05, 4.69) is 241 Å². The Hall–Kier alpha value is -7.98. The Balaban J connectivity index is 0.984. The van der Waals surface area contributed by atoms with Crippen LogP contribution in [0.25, 0.3) is 75.5 Å². The van der Waals surface area contributed by atoms with Crippen LogP contribution in [0.4, 0.5) is 17.1 Å². The molecule has 300 valence electrons. The van der Waals surface area contributed by atoms with E-state index in [9.17, 15) is 0 Å². The third-order valence-electron chi connectivity index (χ3n) is 13.4. The molecule has 13 rings (SSSR count). The maximum Gasteiger partial charge on any atom is 0.143 e. The molecule has 2 nitrogen and oxygen atoms in total. The highest BCUT2D eigenvalue weighted by Crippen LogP contribution is 2.57. The molecule has 0 fully saturated rings. The van der Waals surface area contributed by atoms with Gasteiger partial charge >= 0.3 is 0 Å². The smallest absolute Gasteiger partial charge is 0.143 e. The van der Waals surface area contributed by atoms with Crippen LogP contribution in [0.1, 0.15) is 22.3 Å². The van der Waals surface area contributed by atoms with E-state index in [-0.39, 0.29) is 0 Å². The second kappa shape index (κ2) is 14.6. The van der Waals surface area contributed by atoms with Crippen LogP contribution in [0, 0.1) is 0 Å². The molecule has 2 heterocycles. The van der Waals surface area contributed by atoms with Gasteiger partial charge in [0.15, 0.2) is 0 Å². The van der Waals surface area contributed by atoms with E-state index in [4.69, 9.17) is 4.42 Å². The van der Waals surface area contributed by atoms with E-state index in [0.29, 0.717) is 0 Å². The van der Waals surface area contributed by atoms with E-state index in [1.807, 2.05) is 11.3 Å². The molecular weight excluding hydrogens is 795 g/mol. The second-order valence-electron chi connectivity index (χ2n) is 16.8. The van der Waals surface area contributed by atoms with Crippen LogP contribution in [-0.2, 0) is 5.41 Å². The normalized spacial score (nSPS) is 12.8. The van der Waals surface area contributed by atoms with Crippen molar-refractivity contribution >= 4 is 70.5 Å². The van der Waals surface area contributed by atoms with Gasteiger partial charge in [0.1, 0.15) is 11.2 Å². The zero-order chi connectivity index (χ0) is 42.2. The van der Waals surface area contributed by atoms with Gasteiger partial charge in [-0.2, -0.15) is 0 Å². The Kier molecular flexibility index (Phi) is 8.34. The zero-order valence-corrected chi connectivity index (χ0v) is 35.6. The number of furan rings is 1. The lowest BCUT2D eigenvalue weighted by atomic mass is 9.67. The van der Waals surface area contributed by atoms with Crippen LogP contribution in [0.15, 0.2) is 241 Å². The summed E-state index contributed by atoms with van der Waals surface area (Å²) < 4.78 is 9.13. The van der Waals surface area contributed by atoms with Gasteiger partial charge in [0.25, 0.3) is 0 Å². The van der Waals surface area contributed by atoms with Gasteiger partial charge in [-0.3, -0.25) is 0 Å². The molecule has 0 saturated carbocycles. The fourth-order valence-corrected chi connectivity index (χ4v) is 11.6. The van der Waals surface area contributed by atoms with Crippen molar-refractivity contribution in [2.24, 2.45) is 0 Å². The highest BCUT2D eigenvalue weighted by molar-refractivity contribution is 7.25. The standard InChI is InChI=1S/C61H39NOS/c1-4-15-41(16-5-1)48-23-14-24-52-53-37-42(29-35-57(53)63-60(48)52)40-27-30-45(31-28-40)62(46-33-36-59-54(38-46)51-22-11-13-26-58(51)64-59)47-32-34-50-49-21-10-12-25-55(49)61(56(50)39-47,43-17-6-2-7-18-43)44-19-8-3-9-20-44/h1-39H. The number of anilines is 3. The number of thiophene rings is 1. The van der Waals surface area contributed by atoms with Gasteiger partial charge in [0, 0.05) is 53.6 Å². The van der Waals surface area contributed by atoms with Crippen molar-refractivity contribution in [2.45, 2.75) is 5.41 Å². The highest BCUT2D eigenvalue weighted by Gasteiger charge is 2.46. The first-order valence-corrected chi connectivity index (χ1v) is 22.7. The number of fused-ring (bicyclic) bond motifs is 9. The average Bonchev–Trinajstić information content (AvgIpc) is 4.03. The van der Waals surface area contributed by atoms with E-state index in [1.165, 1.54) is 53.6 Å². The highest BCUT2D eigenvalue weighted by atomic mass is 32.1. The average molecular weight is 834 g/mol. The molecule has 0 radical (unpaired) electrons. The molecule has 2 aromatic heterocycles. The third-order valence-corrected chi connectivity index (χ3v) is 14.5. The number of hydrogen-bond acceptors (Lipinski definition) is 3. The Bertz CT molecular complexity index is 3680. The van der Waals surface area contributed by atoms with Crippen LogP contribution in [0.3, 0.4) is 0 Å². The molecule has 0 aliphatic heterocycles. The predicted octanol–water partition coefficient (Wildman–Crippen LogP) is 17.1. The quantitative estimate of drug-likeness (QED) is 0.159. The van der Waals surface area contributed by atoms with Crippen molar-refractivity contribution in [3.05, 3.63) is 259 Å². The Morgan fingerprint density at radius 1 is 0.344 bits per heavy atom. The summed E-state index contributed by atoms with van der Waals surface area (Å²) in [5.41, 5.74) is 16.8. The SMILES string of the molecule is c1ccc(-c2cccc3c2oc2ccc(-c4ccc(N(c5ccc6c(c5)C(c5ccccc5)(c5ccccc5)c5ccccc5-6)c5ccc6sc7ccccc7c6c5)cc4)cc23)cc1. The van der Waals surface area contributed by atoms with Crippen molar-refractivity contribution < 1.29 is 4.42 Å². The monoisotopic (exact) mass is 833 g/mol. The Morgan fingerprint density at radius 3 is 1.73 bits per heavy atom. The largest absolute Gasteiger partial charge is 0.455 e. The maximum absolute atomic E-state index is 6.55. The summed E-state index contributed by atoms with van der Waals surface area (Å²) in [7, 11) is 0. The van der Waals surface area contributed by atoms with Gasteiger partial charge in [-0.15, -0.1) is 11.3 Å². The number of nitrogens with zero attached hydrogens (tertiary/aromatic N) is 1. The number of hydrogen-bond donors (Lipinski definition) is 0. The van der Waals surface area contributed by atoms with Crippen LogP contribution in [0.2, 0.25) is 0 Å². The molecule has 12 aromatic rings. The predicted molar refractivity (Wildman–Crippen MR) is 269 cm³/mol. The first-order chi connectivity index (χ1) is 31.7. The summed E-state index contributed by atoms with van der Waals surface area (Å²) in [4.78, 5) is 2.44. The van der Waals surface area contributed by atoms with E-state index in [1.54, 1.807) is 0 Å². The van der Waals surface area contributed by atoms with Gasteiger partial charge in [0.2, 0.25) is 0 Å². The zero-order valence-electron chi connectivity index (χ0n) is 34.8. The van der Waals surface area contributed by atoms with E-state index < -0.39 is 5.41 Å². The fraction of sp³-hybridized carbons (Fsp3) is 0.0164. The minimum atomic E-state index is -0.509. The molecule has 1 aliphatic carbocycles. The van der Waals surface area contributed by atoms with Crippen molar-refractivity contribution in [3.63, 3.8) is 0 Å². The van der Waals surface area contributed by atoms with Gasteiger partial charge in [-0.1, -0.05) is 176 Å². The molecule has 0 spiro atoms. The first-order valence-electron chi connectivity index (χ1n) is 21.9. The molecule has 0 bridgehead atoms. The molecule has 0 atom stereocenters. The van der Waals surface area contributed by atoms with Gasteiger partial charge < -0.3 is 9.32 Å². The molecule has 0 unspecified atom stereocenters. The number of rotatable bonds is 7. The molecule has 0 N–H and O–H groups in total. The lowest BCUT2D eigenvalue weighted by molar-refractivity contribution is 0.670. The number of benzene rings is 10. The van der Waals surface area contributed by atoms with Crippen LogP contribution in [-0.4, -0.2) is 0 Å². The Morgan fingerprint density at radius 2 is 0.938 bits per heavy atom. The van der Waals surface area contributed by atoms with Crippen molar-refractivity contribution in [2.75, 3.05) is 4.90 Å². The molecule has 1 aliphatic rings. The lowest BCUT2D eigenvalue weighted by Gasteiger charge is -2.35. The topological polar surface area (TPSA) is 16.4 Å².